The van der Waals surface area contributed by atoms with E-state index in [4.69, 9.17) is 18.5 Å². The molecular formula is C33H59NO6P+. The van der Waals surface area contributed by atoms with Crippen molar-refractivity contribution in [3.63, 3.8) is 0 Å². The van der Waals surface area contributed by atoms with Crippen LogP contribution in [0.1, 0.15) is 115 Å². The van der Waals surface area contributed by atoms with Gasteiger partial charge in [-0.2, -0.15) is 0 Å². The molecule has 236 valence electrons. The van der Waals surface area contributed by atoms with Crippen molar-refractivity contribution in [3.05, 3.63) is 47.9 Å². The molecule has 1 aliphatic rings. The molecule has 0 aromatic heterocycles. The van der Waals surface area contributed by atoms with Gasteiger partial charge in [0, 0.05) is 19.4 Å². The molecule has 0 spiro atoms. The molecule has 0 saturated carbocycles. The van der Waals surface area contributed by atoms with E-state index in [-0.39, 0.29) is 6.61 Å². The molecule has 1 aromatic carbocycles. The first-order valence-electron chi connectivity index (χ1n) is 16.2. The Kier molecular flexibility index (Phi) is 18.8. The largest absolute Gasteiger partial charge is 0.527 e. The maximum atomic E-state index is 12.5. The zero-order chi connectivity index (χ0) is 29.7. The summed E-state index contributed by atoms with van der Waals surface area (Å²) in [5.74, 6) is 0. The number of benzene rings is 1. The Morgan fingerprint density at radius 3 is 2.02 bits per heavy atom. The van der Waals surface area contributed by atoms with E-state index >= 15 is 0 Å². The van der Waals surface area contributed by atoms with E-state index in [2.05, 4.69) is 21.0 Å². The highest BCUT2D eigenvalue weighted by Gasteiger charge is 2.31. The molecule has 1 aromatic rings. The van der Waals surface area contributed by atoms with Crippen molar-refractivity contribution in [1.82, 2.24) is 0 Å². The van der Waals surface area contributed by atoms with Crippen LogP contribution in [0.15, 0.2) is 42.3 Å². The average Bonchev–Trinajstić information content (AvgIpc) is 3.30. The van der Waals surface area contributed by atoms with Crippen LogP contribution in [0, 0.1) is 0 Å². The van der Waals surface area contributed by atoms with Crippen molar-refractivity contribution < 1.29 is 32.5 Å². The third-order valence-corrected chi connectivity index (χ3v) is 8.79. The van der Waals surface area contributed by atoms with Gasteiger partial charge in [-0.15, -0.1) is 0 Å². The topological polar surface area (TPSA) is 74.2 Å². The third-order valence-electron chi connectivity index (χ3n) is 7.95. The van der Waals surface area contributed by atoms with Crippen molar-refractivity contribution in [1.29, 1.82) is 0 Å². The molecule has 1 heterocycles. The van der Waals surface area contributed by atoms with Gasteiger partial charge in [0.2, 0.25) is 0 Å². The highest BCUT2D eigenvalue weighted by atomic mass is 31.2. The van der Waals surface area contributed by atoms with Gasteiger partial charge >= 0.3 is 7.82 Å². The summed E-state index contributed by atoms with van der Waals surface area (Å²) in [4.78, 5) is 10.3. The van der Waals surface area contributed by atoms with Crippen molar-refractivity contribution in [3.8, 4) is 0 Å². The van der Waals surface area contributed by atoms with Gasteiger partial charge in [0.05, 0.1) is 40.5 Å². The van der Waals surface area contributed by atoms with E-state index in [0.717, 1.165) is 43.5 Å². The first kappa shape index (κ1) is 36.0. The second-order valence-corrected chi connectivity index (χ2v) is 13.5. The smallest absolute Gasteiger partial charge is 0.406 e. The maximum absolute atomic E-state index is 12.5. The van der Waals surface area contributed by atoms with Crippen LogP contribution in [0.2, 0.25) is 0 Å². The van der Waals surface area contributed by atoms with Crippen LogP contribution in [0.3, 0.4) is 0 Å². The Morgan fingerprint density at radius 1 is 0.878 bits per heavy atom. The number of phosphoric acid groups is 1. The second kappa shape index (κ2) is 21.5. The van der Waals surface area contributed by atoms with E-state index in [0.29, 0.717) is 24.3 Å². The van der Waals surface area contributed by atoms with Gasteiger partial charge in [-0.05, 0) is 12.0 Å². The first-order chi connectivity index (χ1) is 19.8. The molecule has 2 unspecified atom stereocenters. The first-order valence-corrected chi connectivity index (χ1v) is 17.7. The van der Waals surface area contributed by atoms with Crippen molar-refractivity contribution in [2.24, 2.45) is 0 Å². The van der Waals surface area contributed by atoms with Gasteiger partial charge in [0.25, 0.3) is 0 Å². The molecule has 2 rings (SSSR count). The lowest BCUT2D eigenvalue weighted by Gasteiger charge is -2.24. The van der Waals surface area contributed by atoms with Gasteiger partial charge in [0.15, 0.2) is 6.26 Å². The lowest BCUT2D eigenvalue weighted by molar-refractivity contribution is -0.843. The highest BCUT2D eigenvalue weighted by molar-refractivity contribution is 7.47. The van der Waals surface area contributed by atoms with Gasteiger partial charge < -0.3 is 14.0 Å². The summed E-state index contributed by atoms with van der Waals surface area (Å²) in [5.41, 5.74) is 2.01. The highest BCUT2D eigenvalue weighted by Crippen LogP contribution is 2.45. The zero-order valence-electron chi connectivity index (χ0n) is 26.3. The van der Waals surface area contributed by atoms with Crippen molar-refractivity contribution in [2.75, 3.05) is 40.5 Å². The standard InChI is InChI=1S/C33H58NO6P/c1-4-5-6-7-8-9-10-11-12-13-14-15-16-20-26-37-29-33(38-27-31-22-18-17-19-23-31)30-40-41(35,36)39-28-32-24-21-25-34(32,2)3/h17-19,22-23,28,33H,4-16,20-21,24-27,29-30H2,1-3H3/p+1. The van der Waals surface area contributed by atoms with Gasteiger partial charge in [-0.25, -0.2) is 4.57 Å². The molecule has 0 radical (unpaired) electrons. The predicted molar refractivity (Wildman–Crippen MR) is 167 cm³/mol. The van der Waals surface area contributed by atoms with Crippen molar-refractivity contribution >= 4 is 7.82 Å². The van der Waals surface area contributed by atoms with Crippen LogP contribution >= 0.6 is 7.82 Å². The fourth-order valence-corrected chi connectivity index (χ4v) is 5.86. The summed E-state index contributed by atoms with van der Waals surface area (Å²) in [5, 5.41) is 0. The van der Waals surface area contributed by atoms with Crippen LogP contribution in [0.4, 0.5) is 0 Å². The molecule has 8 heteroatoms. The number of rotatable bonds is 25. The molecular weight excluding hydrogens is 537 g/mol. The summed E-state index contributed by atoms with van der Waals surface area (Å²) < 4.78 is 35.6. The second-order valence-electron chi connectivity index (χ2n) is 12.1. The summed E-state index contributed by atoms with van der Waals surface area (Å²) in [6.45, 7) is 4.50. The van der Waals surface area contributed by atoms with Crippen LogP contribution in [-0.4, -0.2) is 55.9 Å². The molecule has 7 nitrogen and oxygen atoms in total. The summed E-state index contributed by atoms with van der Waals surface area (Å²) in [7, 11) is -0.122. The van der Waals surface area contributed by atoms with Gasteiger partial charge in [-0.1, -0.05) is 121 Å². The SMILES string of the molecule is CCCCCCCCCCCCCCCCOCC(COP(=O)(O)OC=C1CCC[N+]1(C)C)OCc1ccccc1. The number of quaternary nitrogens is 1. The number of nitrogens with zero attached hydrogens (tertiary/aromatic N) is 1. The van der Waals surface area contributed by atoms with E-state index in [1.54, 1.807) is 0 Å². The molecule has 0 amide bonds. The number of ether oxygens (including phenoxy) is 2. The molecule has 41 heavy (non-hydrogen) atoms. The van der Waals surface area contributed by atoms with Crippen LogP contribution in [-0.2, 0) is 29.7 Å². The Bertz CT molecular complexity index is 863. The molecule has 0 aliphatic carbocycles. The maximum Gasteiger partial charge on any atom is 0.527 e. The molecule has 0 bridgehead atoms. The van der Waals surface area contributed by atoms with Gasteiger partial charge in [0.1, 0.15) is 11.8 Å². The molecule has 1 aliphatic heterocycles. The number of unbranched alkanes of at least 4 members (excludes halogenated alkanes) is 13. The van der Waals surface area contributed by atoms with E-state index < -0.39 is 13.9 Å². The number of phosphoric ester groups is 1. The van der Waals surface area contributed by atoms with E-state index in [9.17, 15) is 9.46 Å². The monoisotopic (exact) mass is 596 g/mol. The normalized spacial score (nSPS) is 18.0. The minimum Gasteiger partial charge on any atom is -0.406 e. The third kappa shape index (κ3) is 17.5. The van der Waals surface area contributed by atoms with Crippen LogP contribution < -0.4 is 0 Å². The minimum atomic E-state index is -4.25. The lowest BCUT2D eigenvalue weighted by atomic mass is 10.0. The van der Waals surface area contributed by atoms with Gasteiger partial charge in [-0.3, -0.25) is 13.9 Å². The Morgan fingerprint density at radius 2 is 1.46 bits per heavy atom. The summed E-state index contributed by atoms with van der Waals surface area (Å²) in [6, 6.07) is 9.86. The fraction of sp³-hybridized carbons (Fsp3) is 0.758. The molecule has 1 N–H and O–H groups in total. The Hall–Kier alpha value is -1.21. The van der Waals surface area contributed by atoms with E-state index in [1.165, 1.54) is 83.3 Å². The van der Waals surface area contributed by atoms with Crippen molar-refractivity contribution in [2.45, 2.75) is 122 Å². The Balaban J connectivity index is 1.60. The number of hydrogen-bond acceptors (Lipinski definition) is 5. The van der Waals surface area contributed by atoms with E-state index in [1.807, 2.05) is 30.3 Å². The zero-order valence-corrected chi connectivity index (χ0v) is 27.2. The van der Waals surface area contributed by atoms with Crippen LogP contribution in [0.5, 0.6) is 0 Å². The molecule has 1 saturated heterocycles. The number of hydrogen-bond donors (Lipinski definition) is 1. The Labute approximate surface area is 250 Å². The minimum absolute atomic E-state index is 0.0826. The van der Waals surface area contributed by atoms with Crippen LogP contribution in [0.25, 0.3) is 0 Å². The summed E-state index contributed by atoms with van der Waals surface area (Å²) >= 11 is 0. The average molecular weight is 597 g/mol. The quantitative estimate of drug-likeness (QED) is 0.0526. The molecule has 2 atom stereocenters. The summed E-state index contributed by atoms with van der Waals surface area (Å²) in [6.07, 6.45) is 21.3. The fourth-order valence-electron chi connectivity index (χ4n) is 5.18. The lowest BCUT2D eigenvalue weighted by Crippen LogP contribution is -2.33. The number of allylic oxidation sites excluding steroid dienone is 1. The number of likely N-dealkylation sites (tertiary alicyclic amines) is 1. The molecule has 1 fully saturated rings. The predicted octanol–water partition coefficient (Wildman–Crippen LogP) is 8.91.